The van der Waals surface area contributed by atoms with Crippen molar-refractivity contribution >= 4 is 33.6 Å². The smallest absolute Gasteiger partial charge is 0.418 e. The average molecular weight is 1130 g/mol. The quantitative estimate of drug-likeness (QED) is 0.114. The van der Waals surface area contributed by atoms with Crippen LogP contribution in [0.1, 0.15) is 24.7 Å². The molecule has 0 spiro atoms. The number of carbonyl (C=O) groups excluding carboxylic acids is 2. The standard InChI is InChI=1S/2C16H17N9O.Ag.3BF4.Fe/c2*26-15(16(24-11-3-7-20-24)25-12-4-8-21-25)17-13-14(22-9-1-5-18-22)23-10-2-6-19-23;;3*2-1(3,4)5;/h2*1-12,14,16H,13H2,(H,17,26);;;;;/q;;+1;3*-1;+2. The van der Waals surface area contributed by atoms with E-state index >= 15 is 0 Å². The first-order chi connectivity index (χ1) is 31.7. The molecule has 8 aromatic rings. The molecule has 20 nitrogen and oxygen atoms in total. The monoisotopic (exact) mass is 1130 g/mol. The first-order valence-electron chi connectivity index (χ1n) is 18.8. The second-order valence-corrected chi connectivity index (χ2v) is 12.6. The molecule has 8 aromatic heterocycles. The molecule has 376 valence electrons. The molecule has 2 N–H and O–H groups in total. The summed E-state index contributed by atoms with van der Waals surface area (Å²) in [5.74, 6) is -0.469. The molecule has 0 atom stereocenters. The van der Waals surface area contributed by atoms with Crippen molar-refractivity contribution in [1.29, 1.82) is 0 Å². The molecule has 0 fully saturated rings. The molecule has 37 heteroatoms. The summed E-state index contributed by atoms with van der Waals surface area (Å²) < 4.78 is 130. The van der Waals surface area contributed by atoms with E-state index in [0.717, 1.165) is 0 Å². The van der Waals surface area contributed by atoms with E-state index in [1.807, 2.05) is 49.1 Å². The van der Waals surface area contributed by atoms with Crippen molar-refractivity contribution in [2.45, 2.75) is 24.7 Å². The Morgan fingerprint density at radius 2 is 0.522 bits per heavy atom. The molecule has 0 saturated carbocycles. The van der Waals surface area contributed by atoms with E-state index in [9.17, 15) is 61.4 Å². The second-order valence-electron chi connectivity index (χ2n) is 12.6. The summed E-state index contributed by atoms with van der Waals surface area (Å²) in [4.78, 5) is 25.8. The summed E-state index contributed by atoms with van der Waals surface area (Å²) in [5, 5.41) is 39.7. The van der Waals surface area contributed by atoms with Crippen LogP contribution in [0.25, 0.3) is 0 Å². The predicted octanol–water partition coefficient (Wildman–Crippen LogP) is 4.66. The van der Waals surface area contributed by atoms with E-state index in [2.05, 4.69) is 51.4 Å². The van der Waals surface area contributed by atoms with Gasteiger partial charge in [-0.25, -0.2) is 37.5 Å². The Morgan fingerprint density at radius 1 is 0.362 bits per heavy atom. The summed E-state index contributed by atoms with van der Waals surface area (Å²) in [6, 6.07) is 14.4. The summed E-state index contributed by atoms with van der Waals surface area (Å²) in [6.45, 7) is 0.614. The number of carbonyl (C=O) groups is 2. The molecule has 2 amide bonds. The third-order valence-corrected chi connectivity index (χ3v) is 7.81. The first kappa shape index (κ1) is 58.4. The molecule has 0 aliphatic heterocycles. The number of hydrogen-bond acceptors (Lipinski definition) is 10. The number of aromatic nitrogens is 16. The van der Waals surface area contributed by atoms with Crippen LogP contribution < -0.4 is 10.6 Å². The molecular formula is C32H34AgB3F12FeN18O2. The van der Waals surface area contributed by atoms with Crippen molar-refractivity contribution in [2.75, 3.05) is 13.1 Å². The van der Waals surface area contributed by atoms with Gasteiger partial charge in [0.25, 0.3) is 11.8 Å². The van der Waals surface area contributed by atoms with E-state index in [-0.39, 0.29) is 63.6 Å². The minimum Gasteiger partial charge on any atom is -0.418 e. The van der Waals surface area contributed by atoms with Gasteiger partial charge in [0.2, 0.25) is 12.3 Å². The van der Waals surface area contributed by atoms with Gasteiger partial charge < -0.3 is 62.4 Å². The maximum absolute atomic E-state index is 12.9. The minimum atomic E-state index is -6.00. The Labute approximate surface area is 407 Å². The summed E-state index contributed by atoms with van der Waals surface area (Å²) in [5.41, 5.74) is 0. The normalized spacial score (nSPS) is 11.1. The van der Waals surface area contributed by atoms with Crippen molar-refractivity contribution in [3.05, 3.63) is 148 Å². The average Bonchev–Trinajstić information content (AvgIpc) is 4.07. The maximum Gasteiger partial charge on any atom is 2.00 e. The van der Waals surface area contributed by atoms with Crippen molar-refractivity contribution in [2.24, 2.45) is 0 Å². The van der Waals surface area contributed by atoms with Gasteiger partial charge in [-0.05, 0) is 48.5 Å². The first-order valence-corrected chi connectivity index (χ1v) is 18.8. The number of nitrogens with zero attached hydrogens (tertiary/aromatic N) is 16. The zero-order valence-corrected chi connectivity index (χ0v) is 37.1. The SMILES string of the molecule is F[B-](F)(F)F.F[B-](F)(F)F.F[B-](F)(F)F.O=C(NCC(n1cccn1)n1cccn1)C(n1cccn1)n1cccn1.O=C(NCC(n1cccn1)n1cccn1)C(n1cccn1)n1cccn1.[Ag+].[Fe+2]. The molecular weight excluding hydrogens is 1090 g/mol. The maximum atomic E-state index is 12.9. The number of rotatable bonds is 14. The van der Waals surface area contributed by atoms with Crippen LogP contribution in [0.5, 0.6) is 0 Å². The Hall–Kier alpha value is -6.77. The molecule has 8 heterocycles. The molecule has 0 saturated heterocycles. The van der Waals surface area contributed by atoms with Crippen molar-refractivity contribution < 1.29 is 101 Å². The van der Waals surface area contributed by atoms with Crippen LogP contribution in [-0.2, 0) is 49.0 Å². The van der Waals surface area contributed by atoms with Crippen molar-refractivity contribution in [1.82, 2.24) is 88.9 Å². The van der Waals surface area contributed by atoms with Crippen LogP contribution in [0.2, 0.25) is 0 Å². The topological polar surface area (TPSA) is 201 Å². The molecule has 0 aliphatic carbocycles. The van der Waals surface area contributed by atoms with E-state index in [0.29, 0.717) is 13.1 Å². The van der Waals surface area contributed by atoms with Crippen LogP contribution in [-0.4, -0.2) is 125 Å². The van der Waals surface area contributed by atoms with Gasteiger partial charge in [-0.15, -0.1) is 0 Å². The zero-order valence-electron chi connectivity index (χ0n) is 34.5. The van der Waals surface area contributed by atoms with E-state index < -0.39 is 34.1 Å². The van der Waals surface area contributed by atoms with Crippen molar-refractivity contribution in [3.8, 4) is 0 Å². The number of nitrogens with one attached hydrogen (secondary N) is 2. The van der Waals surface area contributed by atoms with Gasteiger partial charge in [0.05, 0.1) is 13.1 Å². The summed E-state index contributed by atoms with van der Waals surface area (Å²) in [6.07, 6.45) is 25.5. The van der Waals surface area contributed by atoms with E-state index in [1.165, 1.54) is 0 Å². The summed E-state index contributed by atoms with van der Waals surface area (Å²) >= 11 is 0. The van der Waals surface area contributed by atoms with Crippen LogP contribution in [0.3, 0.4) is 0 Å². The molecule has 8 rings (SSSR count). The number of halogens is 12. The molecule has 0 radical (unpaired) electrons. The van der Waals surface area contributed by atoms with Crippen LogP contribution in [0.15, 0.2) is 148 Å². The Morgan fingerprint density at radius 3 is 0.667 bits per heavy atom. The molecule has 0 aromatic carbocycles. The van der Waals surface area contributed by atoms with Crippen LogP contribution in [0.4, 0.5) is 51.8 Å². The van der Waals surface area contributed by atoms with Gasteiger partial charge in [0, 0.05) is 99.1 Å². The molecule has 69 heavy (non-hydrogen) atoms. The molecule has 0 unspecified atom stereocenters. The van der Waals surface area contributed by atoms with Gasteiger partial charge in [-0.1, -0.05) is 0 Å². The van der Waals surface area contributed by atoms with E-state index in [1.54, 1.807) is 136 Å². The van der Waals surface area contributed by atoms with Gasteiger partial charge >= 0.3 is 61.2 Å². The van der Waals surface area contributed by atoms with Gasteiger partial charge in [0.1, 0.15) is 0 Å². The predicted molar refractivity (Wildman–Crippen MR) is 212 cm³/mol. The zero-order chi connectivity index (χ0) is 49.0. The Bertz CT molecular complexity index is 2160. The largest absolute Gasteiger partial charge is 2.00 e. The van der Waals surface area contributed by atoms with Gasteiger partial charge in [-0.2, -0.15) is 40.8 Å². The number of amides is 2. The molecule has 0 aliphatic rings. The molecule has 0 bridgehead atoms. The fourth-order valence-electron chi connectivity index (χ4n) is 5.43. The Balaban J connectivity index is 0.000000358. The van der Waals surface area contributed by atoms with Gasteiger partial charge in [0.15, 0.2) is 12.3 Å². The Kier molecular flexibility index (Phi) is 23.6. The minimum absolute atomic E-state index is 0. The van der Waals surface area contributed by atoms with Gasteiger partial charge in [-0.3, -0.25) is 9.59 Å². The van der Waals surface area contributed by atoms with Crippen molar-refractivity contribution in [3.63, 3.8) is 0 Å². The third kappa shape index (κ3) is 21.8. The van der Waals surface area contributed by atoms with Crippen LogP contribution in [0, 0.1) is 0 Å². The van der Waals surface area contributed by atoms with Crippen LogP contribution >= 0.6 is 0 Å². The summed E-state index contributed by atoms with van der Waals surface area (Å²) in [7, 11) is -18.0. The second kappa shape index (κ2) is 27.9. The van der Waals surface area contributed by atoms with E-state index in [4.69, 9.17) is 0 Å². The third-order valence-electron chi connectivity index (χ3n) is 7.81. The number of hydrogen-bond donors (Lipinski definition) is 2. The fourth-order valence-corrected chi connectivity index (χ4v) is 5.43. The fraction of sp³-hybridized carbons (Fsp3) is 0.188.